The predicted octanol–water partition coefficient (Wildman–Crippen LogP) is 8.10. The van der Waals surface area contributed by atoms with Crippen LogP contribution in [0, 0.1) is 0 Å². The summed E-state index contributed by atoms with van der Waals surface area (Å²) >= 11 is 0. The molecule has 5 aromatic rings. The molecule has 1 nitrogen and oxygen atoms in total. The van der Waals surface area contributed by atoms with Crippen LogP contribution in [-0.4, -0.2) is 0 Å². The average Bonchev–Trinajstić information content (AvgIpc) is 2.79. The Kier molecular flexibility index (Phi) is 3.58. The van der Waals surface area contributed by atoms with Gasteiger partial charge in [-0.1, -0.05) is 92.7 Å². The number of nitrogens with zero attached hydrogens (tertiary/aromatic N) is 1. The number of benzene rings is 5. The van der Waals surface area contributed by atoms with E-state index in [1.165, 1.54) is 49.7 Å². The Bertz CT molecular complexity index is 1380. The van der Waals surface area contributed by atoms with E-state index in [4.69, 9.17) is 0 Å². The lowest BCUT2D eigenvalue weighted by Crippen LogP contribution is -2.30. The summed E-state index contributed by atoms with van der Waals surface area (Å²) in [6.45, 7) is 4.66. The van der Waals surface area contributed by atoms with E-state index in [2.05, 4.69) is 122 Å². The van der Waals surface area contributed by atoms with Gasteiger partial charge in [-0.2, -0.15) is 0 Å². The van der Waals surface area contributed by atoms with E-state index >= 15 is 0 Å². The summed E-state index contributed by atoms with van der Waals surface area (Å²) in [6.07, 6.45) is 0. The van der Waals surface area contributed by atoms with Crippen molar-refractivity contribution >= 4 is 38.6 Å². The lowest BCUT2D eigenvalue weighted by atomic mass is 9.73. The number of fused-ring (bicyclic) bond motifs is 5. The second kappa shape index (κ2) is 6.21. The molecule has 0 aromatic heterocycles. The van der Waals surface area contributed by atoms with Gasteiger partial charge in [0.15, 0.2) is 0 Å². The standard InChI is InChI=1S/C29H23N/c1-29(2)25-11-5-7-13-27(25)30(28-14-8-6-12-26(28)29)22-18-17-21-16-15-20-9-3-4-10-23(20)24(21)19-22/h3-19H,1-2H3. The Hall–Kier alpha value is -3.58. The van der Waals surface area contributed by atoms with Gasteiger partial charge in [-0.3, -0.25) is 0 Å². The molecule has 0 saturated heterocycles. The second-order valence-corrected chi connectivity index (χ2v) is 8.69. The minimum atomic E-state index is -0.0345. The van der Waals surface area contributed by atoms with E-state index in [9.17, 15) is 0 Å². The van der Waals surface area contributed by atoms with Gasteiger partial charge in [0.1, 0.15) is 0 Å². The fraction of sp³-hybridized carbons (Fsp3) is 0.103. The van der Waals surface area contributed by atoms with Gasteiger partial charge in [-0.05, 0) is 56.9 Å². The maximum absolute atomic E-state index is 2.43. The second-order valence-electron chi connectivity index (χ2n) is 8.69. The van der Waals surface area contributed by atoms with Gasteiger partial charge >= 0.3 is 0 Å². The fourth-order valence-corrected chi connectivity index (χ4v) is 5.08. The highest BCUT2D eigenvalue weighted by atomic mass is 15.2. The third kappa shape index (κ3) is 2.35. The lowest BCUT2D eigenvalue weighted by molar-refractivity contribution is 0.632. The van der Waals surface area contributed by atoms with Gasteiger partial charge < -0.3 is 4.90 Å². The highest BCUT2D eigenvalue weighted by Gasteiger charge is 2.36. The summed E-state index contributed by atoms with van der Waals surface area (Å²) in [5.74, 6) is 0. The average molecular weight is 386 g/mol. The van der Waals surface area contributed by atoms with Crippen molar-refractivity contribution in [2.24, 2.45) is 0 Å². The molecule has 1 heteroatoms. The quantitative estimate of drug-likeness (QED) is 0.263. The fourth-order valence-electron chi connectivity index (χ4n) is 5.08. The molecule has 0 spiro atoms. The third-order valence-electron chi connectivity index (χ3n) is 6.63. The van der Waals surface area contributed by atoms with E-state index in [0.717, 1.165) is 0 Å². The first-order chi connectivity index (χ1) is 14.6. The molecule has 0 amide bonds. The molecule has 144 valence electrons. The molecule has 0 N–H and O–H groups in total. The van der Waals surface area contributed by atoms with E-state index < -0.39 is 0 Å². The van der Waals surface area contributed by atoms with Crippen LogP contribution in [0.25, 0.3) is 21.5 Å². The van der Waals surface area contributed by atoms with Crippen LogP contribution in [0.4, 0.5) is 17.1 Å². The molecule has 0 saturated carbocycles. The molecule has 0 radical (unpaired) electrons. The Morgan fingerprint density at radius 3 is 1.77 bits per heavy atom. The molecule has 0 unspecified atom stereocenters. The summed E-state index contributed by atoms with van der Waals surface area (Å²) in [4.78, 5) is 2.43. The van der Waals surface area contributed by atoms with Crippen LogP contribution in [0.3, 0.4) is 0 Å². The van der Waals surface area contributed by atoms with Crippen LogP contribution in [0.1, 0.15) is 25.0 Å². The van der Waals surface area contributed by atoms with Gasteiger partial charge in [-0.25, -0.2) is 0 Å². The summed E-state index contributed by atoms with van der Waals surface area (Å²) in [7, 11) is 0. The van der Waals surface area contributed by atoms with Crippen LogP contribution in [-0.2, 0) is 5.41 Å². The zero-order valence-corrected chi connectivity index (χ0v) is 17.3. The van der Waals surface area contributed by atoms with Crippen molar-refractivity contribution in [2.75, 3.05) is 4.90 Å². The first-order valence-electron chi connectivity index (χ1n) is 10.6. The van der Waals surface area contributed by atoms with E-state index in [0.29, 0.717) is 0 Å². The van der Waals surface area contributed by atoms with Crippen LogP contribution < -0.4 is 4.90 Å². The molecule has 1 aliphatic rings. The number of rotatable bonds is 1. The molecule has 0 aliphatic carbocycles. The van der Waals surface area contributed by atoms with Crippen molar-refractivity contribution in [3.8, 4) is 0 Å². The molecule has 1 heterocycles. The molecule has 1 aliphatic heterocycles. The van der Waals surface area contributed by atoms with Gasteiger partial charge in [-0.15, -0.1) is 0 Å². The molecule has 0 bridgehead atoms. The van der Waals surface area contributed by atoms with Crippen molar-refractivity contribution in [3.63, 3.8) is 0 Å². The third-order valence-corrected chi connectivity index (χ3v) is 6.63. The minimum absolute atomic E-state index is 0.0345. The topological polar surface area (TPSA) is 3.24 Å². The zero-order valence-electron chi connectivity index (χ0n) is 17.3. The summed E-state index contributed by atoms with van der Waals surface area (Å²) in [5, 5.41) is 5.15. The van der Waals surface area contributed by atoms with Crippen LogP contribution in [0.5, 0.6) is 0 Å². The summed E-state index contributed by atoms with van der Waals surface area (Å²) in [6, 6.07) is 37.6. The van der Waals surface area contributed by atoms with E-state index in [1.54, 1.807) is 0 Å². The van der Waals surface area contributed by atoms with Crippen molar-refractivity contribution in [3.05, 3.63) is 114 Å². The van der Waals surface area contributed by atoms with Crippen molar-refractivity contribution in [1.82, 2.24) is 0 Å². The molecule has 0 fully saturated rings. The molecular weight excluding hydrogens is 362 g/mol. The van der Waals surface area contributed by atoms with Crippen molar-refractivity contribution < 1.29 is 0 Å². The first kappa shape index (κ1) is 17.3. The Morgan fingerprint density at radius 2 is 1.07 bits per heavy atom. The van der Waals surface area contributed by atoms with Crippen LogP contribution >= 0.6 is 0 Å². The number of hydrogen-bond acceptors (Lipinski definition) is 1. The Labute approximate surface area is 177 Å². The number of anilines is 3. The van der Waals surface area contributed by atoms with E-state index in [-0.39, 0.29) is 5.41 Å². The van der Waals surface area contributed by atoms with Crippen molar-refractivity contribution in [2.45, 2.75) is 19.3 Å². The predicted molar refractivity (Wildman–Crippen MR) is 128 cm³/mol. The molecule has 30 heavy (non-hydrogen) atoms. The van der Waals surface area contributed by atoms with Gasteiger partial charge in [0.25, 0.3) is 0 Å². The minimum Gasteiger partial charge on any atom is -0.310 e. The van der Waals surface area contributed by atoms with E-state index in [1.807, 2.05) is 0 Å². The van der Waals surface area contributed by atoms with Gasteiger partial charge in [0, 0.05) is 11.1 Å². The zero-order chi connectivity index (χ0) is 20.3. The van der Waals surface area contributed by atoms with Crippen LogP contribution in [0.15, 0.2) is 103 Å². The highest BCUT2D eigenvalue weighted by molar-refractivity contribution is 6.09. The Morgan fingerprint density at radius 1 is 0.533 bits per heavy atom. The maximum Gasteiger partial charge on any atom is 0.0502 e. The number of para-hydroxylation sites is 2. The van der Waals surface area contributed by atoms with Crippen molar-refractivity contribution in [1.29, 1.82) is 0 Å². The monoisotopic (exact) mass is 385 g/mol. The number of hydrogen-bond donors (Lipinski definition) is 0. The lowest BCUT2D eigenvalue weighted by Gasteiger charge is -2.42. The Balaban J connectivity index is 1.67. The van der Waals surface area contributed by atoms with Gasteiger partial charge in [0.05, 0.1) is 11.4 Å². The summed E-state index contributed by atoms with van der Waals surface area (Å²) < 4.78 is 0. The van der Waals surface area contributed by atoms with Gasteiger partial charge in [0.2, 0.25) is 0 Å². The maximum atomic E-state index is 2.43. The first-order valence-corrected chi connectivity index (χ1v) is 10.6. The summed E-state index contributed by atoms with van der Waals surface area (Å²) in [5.41, 5.74) is 6.42. The molecular formula is C29H23N. The van der Waals surface area contributed by atoms with Crippen LogP contribution in [0.2, 0.25) is 0 Å². The highest BCUT2D eigenvalue weighted by Crippen LogP contribution is 2.51. The normalized spacial score (nSPS) is 14.5. The largest absolute Gasteiger partial charge is 0.310 e. The molecule has 0 atom stereocenters. The molecule has 6 rings (SSSR count). The molecule has 5 aromatic carbocycles. The smallest absolute Gasteiger partial charge is 0.0502 e. The SMILES string of the molecule is CC1(C)c2ccccc2N(c2ccc3ccc4ccccc4c3c2)c2ccccc21.